The van der Waals surface area contributed by atoms with Crippen LogP contribution in [0.25, 0.3) is 0 Å². The number of carbonyl (C=O) groups is 2. The molecule has 7 heteroatoms. The van der Waals surface area contributed by atoms with Gasteiger partial charge in [-0.1, -0.05) is 36.6 Å². The molecule has 1 saturated heterocycles. The molecule has 0 radical (unpaired) electrons. The van der Waals surface area contributed by atoms with Gasteiger partial charge in [0.25, 0.3) is 5.91 Å². The predicted octanol–water partition coefficient (Wildman–Crippen LogP) is 4.61. The third kappa shape index (κ3) is 5.09. The van der Waals surface area contributed by atoms with Crippen LogP contribution in [-0.4, -0.2) is 41.6 Å². The lowest BCUT2D eigenvalue weighted by molar-refractivity contribution is -0.137. The predicted molar refractivity (Wildman–Crippen MR) is 117 cm³/mol. The Morgan fingerprint density at radius 1 is 1.16 bits per heavy atom. The van der Waals surface area contributed by atoms with Crippen molar-refractivity contribution in [2.24, 2.45) is 5.92 Å². The van der Waals surface area contributed by atoms with Gasteiger partial charge in [-0.3, -0.25) is 9.59 Å². The maximum absolute atomic E-state index is 12.9. The summed E-state index contributed by atoms with van der Waals surface area (Å²) in [5.74, 6) is 0.980. The lowest BCUT2D eigenvalue weighted by atomic mass is 9.87. The lowest BCUT2D eigenvalue weighted by Gasteiger charge is -2.35. The molecule has 1 aromatic heterocycles. The van der Waals surface area contributed by atoms with Gasteiger partial charge in [0.05, 0.1) is 18.0 Å². The second-order valence-electron chi connectivity index (χ2n) is 8.46. The van der Waals surface area contributed by atoms with Crippen LogP contribution in [0.3, 0.4) is 0 Å². The molecule has 166 valence electrons. The average Bonchev–Trinajstić information content (AvgIpc) is 3.31. The molecule has 2 aliphatic rings. The van der Waals surface area contributed by atoms with Crippen molar-refractivity contribution in [3.63, 3.8) is 0 Å². The first-order valence-corrected chi connectivity index (χ1v) is 11.4. The Hall–Kier alpha value is -2.83. The number of aromatic nitrogens is 1. The van der Waals surface area contributed by atoms with E-state index < -0.39 is 0 Å². The molecule has 0 spiro atoms. The molecule has 1 aliphatic heterocycles. The summed E-state index contributed by atoms with van der Waals surface area (Å²) in [5, 5.41) is 7.00. The van der Waals surface area contributed by atoms with Crippen LogP contribution >= 0.6 is 0 Å². The normalized spacial score (nSPS) is 19.8. The van der Waals surface area contributed by atoms with E-state index in [1.807, 2.05) is 30.0 Å². The summed E-state index contributed by atoms with van der Waals surface area (Å²) in [5.41, 5.74) is 1.33. The van der Waals surface area contributed by atoms with Crippen LogP contribution in [0.2, 0.25) is 0 Å². The number of carbonyl (C=O) groups excluding carboxylic acids is 2. The summed E-state index contributed by atoms with van der Waals surface area (Å²) in [7, 11) is 0. The smallest absolute Gasteiger partial charge is 0.294 e. The molecule has 1 aliphatic carbocycles. The van der Waals surface area contributed by atoms with Crippen molar-refractivity contribution in [2.45, 2.75) is 57.8 Å². The van der Waals surface area contributed by atoms with Crippen LogP contribution in [-0.2, 0) is 4.79 Å². The molecule has 7 nitrogen and oxygen atoms in total. The Balaban J connectivity index is 1.40. The molecule has 1 N–H and O–H groups in total. The molecule has 4 rings (SSSR count). The van der Waals surface area contributed by atoms with Crippen molar-refractivity contribution >= 4 is 17.5 Å². The summed E-state index contributed by atoms with van der Waals surface area (Å²) in [6.07, 6.45) is 7.46. The second kappa shape index (κ2) is 9.98. The van der Waals surface area contributed by atoms with E-state index in [1.54, 1.807) is 12.1 Å². The van der Waals surface area contributed by atoms with Gasteiger partial charge in [0.2, 0.25) is 11.7 Å². The van der Waals surface area contributed by atoms with Crippen molar-refractivity contribution in [2.75, 3.05) is 25.0 Å². The SMILES string of the molecule is CCOc1ccccc1NC(=O)c1cc([C@H]2CCCN(C(=O)C3CCCCC3)C2)no1. The average molecular weight is 426 g/mol. The fraction of sp³-hybridized carbons (Fsp3) is 0.542. The molecule has 0 bridgehead atoms. The molecule has 1 aromatic carbocycles. The quantitative estimate of drug-likeness (QED) is 0.730. The number of nitrogens with one attached hydrogen (secondary N) is 1. The summed E-state index contributed by atoms with van der Waals surface area (Å²) in [6.45, 7) is 3.87. The number of likely N-dealkylation sites (tertiary alicyclic amines) is 1. The van der Waals surface area contributed by atoms with Crippen molar-refractivity contribution < 1.29 is 18.8 Å². The standard InChI is InChI=1S/C24H31N3O4/c1-2-30-21-13-7-6-12-19(21)25-23(28)22-15-20(26-31-22)18-11-8-14-27(16-18)24(29)17-9-4-3-5-10-17/h6-7,12-13,15,17-18H,2-5,8-11,14,16H2,1H3,(H,25,28)/t18-/m0/s1. The Bertz CT molecular complexity index is 904. The highest BCUT2D eigenvalue weighted by molar-refractivity contribution is 6.03. The first-order chi connectivity index (χ1) is 15.2. The van der Waals surface area contributed by atoms with Gasteiger partial charge in [-0.05, 0) is 44.7 Å². The molecular formula is C24H31N3O4. The molecule has 2 heterocycles. The van der Waals surface area contributed by atoms with E-state index in [0.29, 0.717) is 30.5 Å². The van der Waals surface area contributed by atoms with Gasteiger partial charge in [-0.15, -0.1) is 0 Å². The number of hydrogen-bond acceptors (Lipinski definition) is 5. The highest BCUT2D eigenvalue weighted by Crippen LogP contribution is 2.31. The molecule has 0 unspecified atom stereocenters. The fourth-order valence-electron chi connectivity index (χ4n) is 4.65. The Morgan fingerprint density at radius 3 is 2.77 bits per heavy atom. The van der Waals surface area contributed by atoms with Crippen molar-refractivity contribution in [3.05, 3.63) is 41.8 Å². The van der Waals surface area contributed by atoms with Gasteiger partial charge in [0.1, 0.15) is 5.75 Å². The van der Waals surface area contributed by atoms with Crippen LogP contribution in [0.5, 0.6) is 5.75 Å². The maximum atomic E-state index is 12.9. The largest absolute Gasteiger partial charge is 0.492 e. The van der Waals surface area contributed by atoms with Crippen LogP contribution < -0.4 is 10.1 Å². The molecule has 1 atom stereocenters. The monoisotopic (exact) mass is 425 g/mol. The van der Waals surface area contributed by atoms with E-state index in [2.05, 4.69) is 10.5 Å². The highest BCUT2D eigenvalue weighted by atomic mass is 16.5. The summed E-state index contributed by atoms with van der Waals surface area (Å²) in [6, 6.07) is 9.00. The molecule has 2 amide bonds. The van der Waals surface area contributed by atoms with Crippen LogP contribution in [0.15, 0.2) is 34.9 Å². The van der Waals surface area contributed by atoms with Gasteiger partial charge in [0.15, 0.2) is 0 Å². The number of benzene rings is 1. The van der Waals surface area contributed by atoms with Crippen LogP contribution in [0.1, 0.15) is 74.0 Å². The number of rotatable bonds is 6. The van der Waals surface area contributed by atoms with E-state index in [-0.39, 0.29) is 23.5 Å². The maximum Gasteiger partial charge on any atom is 0.294 e. The van der Waals surface area contributed by atoms with E-state index >= 15 is 0 Å². The minimum absolute atomic E-state index is 0.0994. The number of para-hydroxylation sites is 2. The molecule has 2 aromatic rings. The van der Waals surface area contributed by atoms with Crippen molar-refractivity contribution in [1.29, 1.82) is 0 Å². The highest BCUT2D eigenvalue weighted by Gasteiger charge is 2.31. The van der Waals surface area contributed by atoms with Gasteiger partial charge in [-0.2, -0.15) is 0 Å². The fourth-order valence-corrected chi connectivity index (χ4v) is 4.65. The lowest BCUT2D eigenvalue weighted by Crippen LogP contribution is -2.42. The number of hydrogen-bond donors (Lipinski definition) is 1. The zero-order valence-corrected chi connectivity index (χ0v) is 18.1. The molecular weight excluding hydrogens is 394 g/mol. The first kappa shape index (κ1) is 21.4. The molecule has 2 fully saturated rings. The summed E-state index contributed by atoms with van der Waals surface area (Å²) in [4.78, 5) is 27.6. The van der Waals surface area contributed by atoms with Crippen LogP contribution in [0.4, 0.5) is 5.69 Å². The van der Waals surface area contributed by atoms with Gasteiger partial charge in [-0.25, -0.2) is 0 Å². The number of anilines is 1. The van der Waals surface area contributed by atoms with E-state index in [1.165, 1.54) is 6.42 Å². The Labute approximate surface area is 183 Å². The zero-order valence-electron chi connectivity index (χ0n) is 18.1. The van der Waals surface area contributed by atoms with Gasteiger partial charge < -0.3 is 19.5 Å². The van der Waals surface area contributed by atoms with Crippen molar-refractivity contribution in [3.8, 4) is 5.75 Å². The van der Waals surface area contributed by atoms with Gasteiger partial charge >= 0.3 is 0 Å². The van der Waals surface area contributed by atoms with Crippen molar-refractivity contribution in [1.82, 2.24) is 10.1 Å². The molecule has 1 saturated carbocycles. The minimum atomic E-state index is -0.364. The minimum Gasteiger partial charge on any atom is -0.492 e. The third-order valence-corrected chi connectivity index (χ3v) is 6.29. The van der Waals surface area contributed by atoms with E-state index in [9.17, 15) is 9.59 Å². The van der Waals surface area contributed by atoms with E-state index in [0.717, 1.165) is 50.8 Å². The Kier molecular flexibility index (Phi) is 6.89. The number of amides is 2. The first-order valence-electron chi connectivity index (χ1n) is 11.4. The zero-order chi connectivity index (χ0) is 21.6. The summed E-state index contributed by atoms with van der Waals surface area (Å²) >= 11 is 0. The van der Waals surface area contributed by atoms with E-state index in [4.69, 9.17) is 9.26 Å². The summed E-state index contributed by atoms with van der Waals surface area (Å²) < 4.78 is 10.9. The van der Waals surface area contributed by atoms with Gasteiger partial charge in [0, 0.05) is 31.0 Å². The number of ether oxygens (including phenoxy) is 1. The van der Waals surface area contributed by atoms with Crippen LogP contribution in [0, 0.1) is 5.92 Å². The number of nitrogens with zero attached hydrogens (tertiary/aromatic N) is 2. The number of piperidine rings is 1. The third-order valence-electron chi connectivity index (χ3n) is 6.29. The second-order valence-corrected chi connectivity index (χ2v) is 8.46. The molecule has 31 heavy (non-hydrogen) atoms. The topological polar surface area (TPSA) is 84.7 Å². The Morgan fingerprint density at radius 2 is 1.97 bits per heavy atom.